The number of carbonyl (C=O) groups is 2. The lowest BCUT2D eigenvalue weighted by Gasteiger charge is -2.18. The van der Waals surface area contributed by atoms with E-state index in [1.165, 1.54) is 0 Å². The van der Waals surface area contributed by atoms with E-state index < -0.39 is 0 Å². The lowest BCUT2D eigenvalue weighted by molar-refractivity contribution is -0.127. The molecule has 2 unspecified atom stereocenters. The normalized spacial score (nSPS) is 17.6. The van der Waals surface area contributed by atoms with Crippen molar-refractivity contribution in [2.24, 2.45) is 5.92 Å². The molecule has 1 fully saturated rings. The SMILES string of the molecule is CCC(C)NC(=O)NCC1CC(=O)N(CCc2ccc(OC)c(OC)c2)C1. The number of ether oxygens (including phenoxy) is 2. The molecule has 2 rings (SSSR count). The van der Waals surface area contributed by atoms with Gasteiger partial charge in [-0.2, -0.15) is 0 Å². The van der Waals surface area contributed by atoms with Gasteiger partial charge in [0.05, 0.1) is 14.2 Å². The molecule has 2 atom stereocenters. The Balaban J connectivity index is 1.80. The van der Waals surface area contributed by atoms with E-state index in [0.717, 1.165) is 18.4 Å². The fraction of sp³-hybridized carbons (Fsp3) is 0.600. The van der Waals surface area contributed by atoms with Crippen LogP contribution in [0.4, 0.5) is 4.79 Å². The number of nitrogens with one attached hydrogen (secondary N) is 2. The van der Waals surface area contributed by atoms with E-state index >= 15 is 0 Å². The van der Waals surface area contributed by atoms with Crippen LogP contribution < -0.4 is 20.1 Å². The third-order valence-electron chi connectivity index (χ3n) is 4.95. The molecular formula is C20H31N3O4. The maximum absolute atomic E-state index is 12.3. The summed E-state index contributed by atoms with van der Waals surface area (Å²) in [7, 11) is 3.22. The highest BCUT2D eigenvalue weighted by Gasteiger charge is 2.29. The topological polar surface area (TPSA) is 79.9 Å². The van der Waals surface area contributed by atoms with Crippen LogP contribution in [0.5, 0.6) is 11.5 Å². The highest BCUT2D eigenvalue weighted by Crippen LogP contribution is 2.28. The van der Waals surface area contributed by atoms with Gasteiger partial charge in [-0.05, 0) is 37.5 Å². The molecule has 0 saturated carbocycles. The van der Waals surface area contributed by atoms with Gasteiger partial charge in [-0.3, -0.25) is 4.79 Å². The van der Waals surface area contributed by atoms with E-state index in [-0.39, 0.29) is 23.9 Å². The van der Waals surface area contributed by atoms with Crippen molar-refractivity contribution in [2.45, 2.75) is 39.2 Å². The fourth-order valence-electron chi connectivity index (χ4n) is 3.12. The minimum atomic E-state index is -0.166. The van der Waals surface area contributed by atoms with Crippen molar-refractivity contribution in [2.75, 3.05) is 33.9 Å². The second kappa shape index (κ2) is 10.0. The van der Waals surface area contributed by atoms with Crippen molar-refractivity contribution < 1.29 is 19.1 Å². The zero-order valence-corrected chi connectivity index (χ0v) is 16.7. The zero-order valence-electron chi connectivity index (χ0n) is 16.7. The highest BCUT2D eigenvalue weighted by atomic mass is 16.5. The molecule has 1 saturated heterocycles. The van der Waals surface area contributed by atoms with Crippen molar-refractivity contribution in [3.8, 4) is 11.5 Å². The molecule has 0 spiro atoms. The van der Waals surface area contributed by atoms with Gasteiger partial charge in [-0.15, -0.1) is 0 Å². The van der Waals surface area contributed by atoms with Crippen LogP contribution in [0, 0.1) is 5.92 Å². The number of amides is 3. The van der Waals surface area contributed by atoms with Gasteiger partial charge in [0.1, 0.15) is 0 Å². The predicted molar refractivity (Wildman–Crippen MR) is 104 cm³/mol. The van der Waals surface area contributed by atoms with E-state index in [9.17, 15) is 9.59 Å². The molecule has 0 bridgehead atoms. The van der Waals surface area contributed by atoms with E-state index in [4.69, 9.17) is 9.47 Å². The summed E-state index contributed by atoms with van der Waals surface area (Å²) in [4.78, 5) is 25.9. The molecule has 1 aromatic carbocycles. The van der Waals surface area contributed by atoms with Crippen LogP contribution in [0.2, 0.25) is 0 Å². The first-order valence-electron chi connectivity index (χ1n) is 9.49. The monoisotopic (exact) mass is 377 g/mol. The third kappa shape index (κ3) is 6.05. The van der Waals surface area contributed by atoms with Gasteiger partial charge in [-0.1, -0.05) is 13.0 Å². The van der Waals surface area contributed by atoms with Gasteiger partial charge >= 0.3 is 6.03 Å². The average Bonchev–Trinajstić information content (AvgIpc) is 3.03. The molecule has 1 aliphatic heterocycles. The lowest BCUT2D eigenvalue weighted by atomic mass is 10.1. The molecule has 3 amide bonds. The Bertz CT molecular complexity index is 650. The van der Waals surface area contributed by atoms with E-state index in [2.05, 4.69) is 10.6 Å². The maximum Gasteiger partial charge on any atom is 0.315 e. The van der Waals surface area contributed by atoms with Gasteiger partial charge in [0.15, 0.2) is 11.5 Å². The maximum atomic E-state index is 12.3. The number of urea groups is 1. The molecule has 27 heavy (non-hydrogen) atoms. The van der Waals surface area contributed by atoms with Crippen LogP contribution in [0.1, 0.15) is 32.3 Å². The number of likely N-dealkylation sites (tertiary alicyclic amines) is 1. The number of benzene rings is 1. The Kier molecular flexibility index (Phi) is 7.76. The first-order valence-corrected chi connectivity index (χ1v) is 9.49. The standard InChI is InChI=1S/C20H31N3O4/c1-5-14(2)22-20(25)21-12-16-11-19(24)23(13-16)9-8-15-6-7-17(26-3)18(10-15)27-4/h6-7,10,14,16H,5,8-9,11-13H2,1-4H3,(H2,21,22,25). The van der Waals surface area contributed by atoms with Crippen LogP contribution in [-0.2, 0) is 11.2 Å². The summed E-state index contributed by atoms with van der Waals surface area (Å²) in [6.07, 6.45) is 2.12. The molecule has 0 aliphatic carbocycles. The second-order valence-electron chi connectivity index (χ2n) is 7.01. The summed E-state index contributed by atoms with van der Waals surface area (Å²) < 4.78 is 10.6. The quantitative estimate of drug-likeness (QED) is 0.691. The van der Waals surface area contributed by atoms with Gasteiger partial charge in [0, 0.05) is 38.0 Å². The summed E-state index contributed by atoms with van der Waals surface area (Å²) in [5.41, 5.74) is 1.09. The largest absolute Gasteiger partial charge is 0.493 e. The van der Waals surface area contributed by atoms with Gasteiger partial charge in [-0.25, -0.2) is 4.79 Å². The Labute approximate surface area is 161 Å². The number of carbonyl (C=O) groups excluding carboxylic acids is 2. The van der Waals surface area contributed by atoms with E-state index in [1.807, 2.05) is 36.9 Å². The van der Waals surface area contributed by atoms with Gasteiger partial charge < -0.3 is 25.0 Å². The summed E-state index contributed by atoms with van der Waals surface area (Å²) in [6, 6.07) is 5.79. The molecule has 2 N–H and O–H groups in total. The van der Waals surface area contributed by atoms with Crippen LogP contribution in [-0.4, -0.2) is 56.7 Å². The molecule has 7 heteroatoms. The number of nitrogens with zero attached hydrogens (tertiary/aromatic N) is 1. The minimum Gasteiger partial charge on any atom is -0.493 e. The van der Waals surface area contributed by atoms with Crippen molar-refractivity contribution >= 4 is 11.9 Å². The molecule has 150 valence electrons. The van der Waals surface area contributed by atoms with Crippen LogP contribution in [0.3, 0.4) is 0 Å². The summed E-state index contributed by atoms with van der Waals surface area (Å²) in [5, 5.41) is 5.75. The number of hydrogen-bond acceptors (Lipinski definition) is 4. The smallest absolute Gasteiger partial charge is 0.315 e. The van der Waals surface area contributed by atoms with Crippen molar-refractivity contribution in [3.05, 3.63) is 23.8 Å². The summed E-state index contributed by atoms with van der Waals surface area (Å²) in [6.45, 7) is 5.84. The minimum absolute atomic E-state index is 0.143. The van der Waals surface area contributed by atoms with Crippen LogP contribution >= 0.6 is 0 Å². The number of hydrogen-bond donors (Lipinski definition) is 2. The molecule has 1 heterocycles. The molecular weight excluding hydrogens is 346 g/mol. The Morgan fingerprint density at radius 1 is 1.30 bits per heavy atom. The molecule has 7 nitrogen and oxygen atoms in total. The first kappa shape index (κ1) is 20.9. The third-order valence-corrected chi connectivity index (χ3v) is 4.95. The lowest BCUT2D eigenvalue weighted by Crippen LogP contribution is -2.42. The summed E-state index contributed by atoms with van der Waals surface area (Å²) in [5.74, 6) is 1.69. The second-order valence-corrected chi connectivity index (χ2v) is 7.01. The van der Waals surface area contributed by atoms with Crippen LogP contribution in [0.15, 0.2) is 18.2 Å². The molecule has 1 aliphatic rings. The van der Waals surface area contributed by atoms with Crippen molar-refractivity contribution in [3.63, 3.8) is 0 Å². The Morgan fingerprint density at radius 2 is 2.04 bits per heavy atom. The fourth-order valence-corrected chi connectivity index (χ4v) is 3.12. The van der Waals surface area contributed by atoms with Crippen molar-refractivity contribution in [1.29, 1.82) is 0 Å². The van der Waals surface area contributed by atoms with Crippen LogP contribution in [0.25, 0.3) is 0 Å². The average molecular weight is 377 g/mol. The predicted octanol–water partition coefficient (Wildman–Crippen LogP) is 2.19. The molecule has 0 radical (unpaired) electrons. The number of methoxy groups -OCH3 is 2. The van der Waals surface area contributed by atoms with Crippen molar-refractivity contribution in [1.82, 2.24) is 15.5 Å². The van der Waals surface area contributed by atoms with E-state index in [1.54, 1.807) is 14.2 Å². The number of rotatable bonds is 9. The van der Waals surface area contributed by atoms with E-state index in [0.29, 0.717) is 37.6 Å². The highest BCUT2D eigenvalue weighted by molar-refractivity contribution is 5.79. The molecule has 0 aromatic heterocycles. The first-order chi connectivity index (χ1) is 13.0. The Hall–Kier alpha value is -2.44. The molecule has 1 aromatic rings. The van der Waals surface area contributed by atoms with Gasteiger partial charge in [0.25, 0.3) is 0 Å². The zero-order chi connectivity index (χ0) is 19.8. The van der Waals surface area contributed by atoms with Gasteiger partial charge in [0.2, 0.25) is 5.91 Å². The summed E-state index contributed by atoms with van der Waals surface area (Å²) >= 11 is 0. The Morgan fingerprint density at radius 3 is 2.70 bits per heavy atom.